The van der Waals surface area contributed by atoms with Gasteiger partial charge in [0.2, 0.25) is 0 Å². The Bertz CT molecular complexity index is 272. The molecule has 0 spiro atoms. The summed E-state index contributed by atoms with van der Waals surface area (Å²) in [6, 6.07) is 0. The summed E-state index contributed by atoms with van der Waals surface area (Å²) < 4.78 is 0. The van der Waals surface area contributed by atoms with E-state index in [2.05, 4.69) is 57.2 Å². The molecule has 1 rings (SSSR count). The van der Waals surface area contributed by atoms with E-state index in [4.69, 9.17) is 0 Å². The van der Waals surface area contributed by atoms with Gasteiger partial charge in [-0.05, 0) is 30.4 Å². The highest BCUT2D eigenvalue weighted by molar-refractivity contribution is 5.49. The molecule has 0 saturated heterocycles. The van der Waals surface area contributed by atoms with Crippen LogP contribution in [-0.4, -0.2) is 0 Å². The lowest BCUT2D eigenvalue weighted by molar-refractivity contribution is 0.827. The molecule has 0 amide bonds. The second-order valence-corrected chi connectivity index (χ2v) is 3.66. The van der Waals surface area contributed by atoms with Crippen LogP contribution in [0.2, 0.25) is 0 Å². The highest BCUT2D eigenvalue weighted by Gasteiger charge is 2.02. The maximum Gasteiger partial charge on any atom is -0.0157 e. The third-order valence-electron chi connectivity index (χ3n) is 1.96. The third kappa shape index (κ3) is 3.06. The summed E-state index contributed by atoms with van der Waals surface area (Å²) in [6.07, 6.45) is 14.3. The fourth-order valence-corrected chi connectivity index (χ4v) is 1.46. The Hall–Kier alpha value is -1.04. The lowest BCUT2D eigenvalue weighted by atomic mass is 10.0. The van der Waals surface area contributed by atoms with Gasteiger partial charge in [0, 0.05) is 0 Å². The molecular formula is C13H18. The highest BCUT2D eigenvalue weighted by atomic mass is 14.1. The smallest absolute Gasteiger partial charge is 0.0157 e. The van der Waals surface area contributed by atoms with Crippen LogP contribution >= 0.6 is 0 Å². The standard InChI is InChI=1S/C13H18/c1-4-7-13(10-11(2)3)12-8-5-6-9-12/h4-5,7-11H,6H2,1-3H3/b7-4-,13-10+. The first kappa shape index (κ1) is 10.0. The molecule has 0 aromatic carbocycles. The molecule has 0 heteroatoms. The van der Waals surface area contributed by atoms with Crippen LogP contribution in [0.25, 0.3) is 0 Å². The Morgan fingerprint density at radius 2 is 2.23 bits per heavy atom. The number of hydrogen-bond donors (Lipinski definition) is 0. The SMILES string of the molecule is C/C=C\C(=C/C(C)C)C1=CCC=C1. The number of allylic oxidation sites excluding steroid dienone is 8. The van der Waals surface area contributed by atoms with Crippen molar-refractivity contribution in [1.29, 1.82) is 0 Å². The van der Waals surface area contributed by atoms with Crippen molar-refractivity contribution in [3.63, 3.8) is 0 Å². The number of rotatable bonds is 3. The van der Waals surface area contributed by atoms with Crippen molar-refractivity contribution in [2.24, 2.45) is 5.92 Å². The topological polar surface area (TPSA) is 0 Å². The van der Waals surface area contributed by atoms with Gasteiger partial charge in [0.25, 0.3) is 0 Å². The van der Waals surface area contributed by atoms with Crippen molar-refractivity contribution in [3.05, 3.63) is 47.6 Å². The zero-order chi connectivity index (χ0) is 9.68. The van der Waals surface area contributed by atoms with Crippen LogP contribution in [0.4, 0.5) is 0 Å². The van der Waals surface area contributed by atoms with Gasteiger partial charge in [-0.3, -0.25) is 0 Å². The zero-order valence-corrected chi connectivity index (χ0v) is 8.75. The molecule has 1 aliphatic rings. The predicted molar refractivity (Wildman–Crippen MR) is 59.6 cm³/mol. The van der Waals surface area contributed by atoms with Crippen molar-refractivity contribution in [1.82, 2.24) is 0 Å². The van der Waals surface area contributed by atoms with E-state index in [1.165, 1.54) is 11.1 Å². The van der Waals surface area contributed by atoms with E-state index >= 15 is 0 Å². The molecule has 0 fully saturated rings. The second kappa shape index (κ2) is 4.86. The highest BCUT2D eigenvalue weighted by Crippen LogP contribution is 2.20. The van der Waals surface area contributed by atoms with Gasteiger partial charge >= 0.3 is 0 Å². The lowest BCUT2D eigenvalue weighted by Gasteiger charge is -2.03. The first-order valence-electron chi connectivity index (χ1n) is 4.95. The minimum Gasteiger partial charge on any atom is -0.0871 e. The third-order valence-corrected chi connectivity index (χ3v) is 1.96. The fourth-order valence-electron chi connectivity index (χ4n) is 1.46. The van der Waals surface area contributed by atoms with E-state index in [1.807, 2.05) is 0 Å². The summed E-state index contributed by atoms with van der Waals surface area (Å²) in [5.74, 6) is 0.612. The first-order chi connectivity index (χ1) is 6.24. The van der Waals surface area contributed by atoms with Gasteiger partial charge in [-0.25, -0.2) is 0 Å². The van der Waals surface area contributed by atoms with Gasteiger partial charge in [-0.15, -0.1) is 0 Å². The molecule has 13 heavy (non-hydrogen) atoms. The molecule has 0 N–H and O–H groups in total. The average Bonchev–Trinajstić information content (AvgIpc) is 2.54. The summed E-state index contributed by atoms with van der Waals surface area (Å²) >= 11 is 0. The molecule has 0 aromatic rings. The van der Waals surface area contributed by atoms with Crippen LogP contribution in [0, 0.1) is 5.92 Å². The normalized spacial score (nSPS) is 17.5. The molecule has 1 aliphatic carbocycles. The maximum atomic E-state index is 2.31. The average molecular weight is 174 g/mol. The van der Waals surface area contributed by atoms with Crippen molar-refractivity contribution in [2.75, 3.05) is 0 Å². The summed E-state index contributed by atoms with van der Waals surface area (Å²) in [6.45, 7) is 6.48. The molecule has 0 aromatic heterocycles. The van der Waals surface area contributed by atoms with E-state index < -0.39 is 0 Å². The van der Waals surface area contributed by atoms with E-state index in [0.717, 1.165) is 6.42 Å². The summed E-state index contributed by atoms with van der Waals surface area (Å²) in [5, 5.41) is 0. The summed E-state index contributed by atoms with van der Waals surface area (Å²) in [5.41, 5.74) is 2.72. The molecule has 0 aliphatic heterocycles. The monoisotopic (exact) mass is 174 g/mol. The van der Waals surface area contributed by atoms with Crippen molar-refractivity contribution in [3.8, 4) is 0 Å². The Kier molecular flexibility index (Phi) is 3.75. The second-order valence-electron chi connectivity index (χ2n) is 3.66. The molecule has 0 unspecified atom stereocenters. The van der Waals surface area contributed by atoms with E-state index in [-0.39, 0.29) is 0 Å². The number of hydrogen-bond acceptors (Lipinski definition) is 0. The van der Waals surface area contributed by atoms with Crippen LogP contribution < -0.4 is 0 Å². The fraction of sp³-hybridized carbons (Fsp3) is 0.385. The maximum absolute atomic E-state index is 2.31. The van der Waals surface area contributed by atoms with Crippen molar-refractivity contribution in [2.45, 2.75) is 27.2 Å². The van der Waals surface area contributed by atoms with E-state index in [0.29, 0.717) is 5.92 Å². The molecular weight excluding hydrogens is 156 g/mol. The van der Waals surface area contributed by atoms with E-state index in [9.17, 15) is 0 Å². The van der Waals surface area contributed by atoms with Crippen molar-refractivity contribution >= 4 is 0 Å². The van der Waals surface area contributed by atoms with Gasteiger partial charge in [0.15, 0.2) is 0 Å². The molecule has 0 radical (unpaired) electrons. The minimum absolute atomic E-state index is 0.612. The van der Waals surface area contributed by atoms with Gasteiger partial charge in [-0.1, -0.05) is 50.3 Å². The van der Waals surface area contributed by atoms with Crippen LogP contribution in [0.1, 0.15) is 27.2 Å². The summed E-state index contributed by atoms with van der Waals surface area (Å²) in [4.78, 5) is 0. The van der Waals surface area contributed by atoms with Crippen molar-refractivity contribution < 1.29 is 0 Å². The lowest BCUT2D eigenvalue weighted by Crippen LogP contribution is -1.86. The Balaban J connectivity index is 2.85. The molecule has 0 nitrogen and oxygen atoms in total. The minimum atomic E-state index is 0.612. The summed E-state index contributed by atoms with van der Waals surface area (Å²) in [7, 11) is 0. The van der Waals surface area contributed by atoms with Crippen LogP contribution in [0.5, 0.6) is 0 Å². The van der Waals surface area contributed by atoms with Crippen LogP contribution in [-0.2, 0) is 0 Å². The Labute approximate surface area is 81.4 Å². The van der Waals surface area contributed by atoms with E-state index in [1.54, 1.807) is 0 Å². The largest absolute Gasteiger partial charge is 0.0871 e. The van der Waals surface area contributed by atoms with Gasteiger partial charge in [0.1, 0.15) is 0 Å². The first-order valence-corrected chi connectivity index (χ1v) is 4.95. The van der Waals surface area contributed by atoms with Gasteiger partial charge < -0.3 is 0 Å². The molecule has 0 saturated carbocycles. The molecule has 0 heterocycles. The Morgan fingerprint density at radius 1 is 1.46 bits per heavy atom. The Morgan fingerprint density at radius 3 is 2.69 bits per heavy atom. The molecule has 0 bridgehead atoms. The van der Waals surface area contributed by atoms with Gasteiger partial charge in [-0.2, -0.15) is 0 Å². The van der Waals surface area contributed by atoms with Gasteiger partial charge in [0.05, 0.1) is 0 Å². The molecule has 70 valence electrons. The van der Waals surface area contributed by atoms with Crippen LogP contribution in [0.15, 0.2) is 47.6 Å². The zero-order valence-electron chi connectivity index (χ0n) is 8.75. The molecule has 0 atom stereocenters. The van der Waals surface area contributed by atoms with Crippen LogP contribution in [0.3, 0.4) is 0 Å². The quantitative estimate of drug-likeness (QED) is 0.567. The predicted octanol–water partition coefficient (Wildman–Crippen LogP) is 4.03.